The van der Waals surface area contributed by atoms with E-state index in [1.165, 1.54) is 22.0 Å². The maximum Gasteiger partial charge on any atom is 0.303 e. The van der Waals surface area contributed by atoms with Crippen LogP contribution < -0.4 is 0 Å². The SMILES string of the molecule is CCC(=O)O.Cc1ccc2c(C)c[nH]c2c1. The van der Waals surface area contributed by atoms with Crippen molar-refractivity contribution in [2.24, 2.45) is 0 Å². The topological polar surface area (TPSA) is 53.1 Å². The molecule has 0 amide bonds. The minimum absolute atomic E-state index is 0.222. The van der Waals surface area contributed by atoms with Gasteiger partial charge in [-0.1, -0.05) is 19.1 Å². The zero-order valence-corrected chi connectivity index (χ0v) is 9.87. The van der Waals surface area contributed by atoms with Gasteiger partial charge in [-0.15, -0.1) is 0 Å². The van der Waals surface area contributed by atoms with Gasteiger partial charge in [-0.3, -0.25) is 4.79 Å². The Balaban J connectivity index is 0.000000221. The smallest absolute Gasteiger partial charge is 0.303 e. The van der Waals surface area contributed by atoms with Gasteiger partial charge in [-0.05, 0) is 31.0 Å². The summed E-state index contributed by atoms with van der Waals surface area (Å²) in [5.74, 6) is -0.745. The Bertz CT molecular complexity index is 486. The van der Waals surface area contributed by atoms with Crippen LogP contribution in [-0.2, 0) is 4.79 Å². The summed E-state index contributed by atoms with van der Waals surface area (Å²) in [6, 6.07) is 6.47. The Hall–Kier alpha value is -1.77. The normalized spacial score (nSPS) is 9.69. The quantitative estimate of drug-likeness (QED) is 0.773. The van der Waals surface area contributed by atoms with E-state index >= 15 is 0 Å². The highest BCUT2D eigenvalue weighted by molar-refractivity contribution is 5.83. The van der Waals surface area contributed by atoms with Gasteiger partial charge in [0, 0.05) is 23.5 Å². The third-order valence-electron chi connectivity index (χ3n) is 2.35. The fourth-order valence-electron chi connectivity index (χ4n) is 1.39. The highest BCUT2D eigenvalue weighted by Crippen LogP contribution is 2.17. The van der Waals surface area contributed by atoms with Crippen LogP contribution in [0.5, 0.6) is 0 Å². The summed E-state index contributed by atoms with van der Waals surface area (Å²) >= 11 is 0. The zero-order chi connectivity index (χ0) is 12.1. The highest BCUT2D eigenvalue weighted by Gasteiger charge is 1.97. The van der Waals surface area contributed by atoms with Gasteiger partial charge in [0.15, 0.2) is 0 Å². The molecule has 0 spiro atoms. The molecule has 3 heteroatoms. The molecular weight excluding hydrogens is 202 g/mol. The number of carbonyl (C=O) groups is 1. The van der Waals surface area contributed by atoms with E-state index in [1.807, 2.05) is 6.20 Å². The van der Waals surface area contributed by atoms with E-state index in [-0.39, 0.29) is 6.42 Å². The average Bonchev–Trinajstić information content (AvgIpc) is 2.60. The van der Waals surface area contributed by atoms with Crippen LogP contribution in [-0.4, -0.2) is 16.1 Å². The molecule has 0 unspecified atom stereocenters. The molecule has 0 aliphatic heterocycles. The molecule has 0 saturated heterocycles. The molecule has 86 valence electrons. The number of aliphatic carboxylic acids is 1. The predicted octanol–water partition coefficient (Wildman–Crippen LogP) is 3.27. The number of H-pyrrole nitrogens is 1. The predicted molar refractivity (Wildman–Crippen MR) is 65.7 cm³/mol. The zero-order valence-electron chi connectivity index (χ0n) is 9.87. The number of aryl methyl sites for hydroxylation is 2. The van der Waals surface area contributed by atoms with Gasteiger partial charge in [-0.2, -0.15) is 0 Å². The molecule has 2 aromatic rings. The standard InChI is InChI=1S/C10H11N.C3H6O2/c1-7-3-4-9-8(2)6-11-10(9)5-7;1-2-3(4)5/h3-6,11H,1-2H3;2H2,1H3,(H,4,5). The minimum atomic E-state index is -0.745. The molecule has 2 N–H and O–H groups in total. The van der Waals surface area contributed by atoms with E-state index in [2.05, 4.69) is 37.0 Å². The molecule has 0 aliphatic carbocycles. The van der Waals surface area contributed by atoms with E-state index < -0.39 is 5.97 Å². The Morgan fingerprint density at radius 1 is 1.38 bits per heavy atom. The van der Waals surface area contributed by atoms with Crippen LogP contribution in [0.25, 0.3) is 10.9 Å². The third-order valence-corrected chi connectivity index (χ3v) is 2.35. The van der Waals surface area contributed by atoms with Crippen LogP contribution in [0.3, 0.4) is 0 Å². The minimum Gasteiger partial charge on any atom is -0.481 e. The van der Waals surface area contributed by atoms with Crippen LogP contribution >= 0.6 is 0 Å². The lowest BCUT2D eigenvalue weighted by molar-refractivity contribution is -0.136. The van der Waals surface area contributed by atoms with Gasteiger partial charge in [0.2, 0.25) is 0 Å². The Kier molecular flexibility index (Phi) is 4.11. The monoisotopic (exact) mass is 219 g/mol. The van der Waals surface area contributed by atoms with Crippen LogP contribution in [0.1, 0.15) is 24.5 Å². The third kappa shape index (κ3) is 3.12. The van der Waals surface area contributed by atoms with Crippen molar-refractivity contribution in [3.63, 3.8) is 0 Å². The molecule has 0 aliphatic rings. The van der Waals surface area contributed by atoms with Crippen molar-refractivity contribution in [1.82, 2.24) is 4.98 Å². The van der Waals surface area contributed by atoms with Crippen molar-refractivity contribution in [1.29, 1.82) is 0 Å². The largest absolute Gasteiger partial charge is 0.481 e. The number of fused-ring (bicyclic) bond motifs is 1. The summed E-state index contributed by atoms with van der Waals surface area (Å²) in [6.45, 7) is 5.83. The maximum absolute atomic E-state index is 9.37. The molecule has 3 nitrogen and oxygen atoms in total. The van der Waals surface area contributed by atoms with E-state index in [0.717, 1.165) is 0 Å². The molecule has 1 heterocycles. The molecule has 2 rings (SSSR count). The molecular formula is C13H17NO2. The van der Waals surface area contributed by atoms with Crippen molar-refractivity contribution < 1.29 is 9.90 Å². The molecule has 0 fully saturated rings. The first-order valence-corrected chi connectivity index (χ1v) is 5.30. The van der Waals surface area contributed by atoms with Gasteiger partial charge < -0.3 is 10.1 Å². The van der Waals surface area contributed by atoms with Crippen LogP contribution in [0.4, 0.5) is 0 Å². The van der Waals surface area contributed by atoms with Gasteiger partial charge >= 0.3 is 5.97 Å². The number of carboxylic acids is 1. The van der Waals surface area contributed by atoms with Gasteiger partial charge in [0.05, 0.1) is 0 Å². The summed E-state index contributed by atoms with van der Waals surface area (Å²) in [7, 11) is 0. The first-order chi connectivity index (χ1) is 7.54. The molecule has 1 aromatic heterocycles. The van der Waals surface area contributed by atoms with Crippen molar-refractivity contribution in [2.45, 2.75) is 27.2 Å². The van der Waals surface area contributed by atoms with E-state index in [0.29, 0.717) is 0 Å². The summed E-state index contributed by atoms with van der Waals surface area (Å²) in [5, 5.41) is 9.05. The lowest BCUT2D eigenvalue weighted by Crippen LogP contribution is -1.86. The number of hydrogen-bond acceptors (Lipinski definition) is 1. The number of carboxylic acid groups (broad SMARTS) is 1. The second kappa shape index (κ2) is 5.35. The van der Waals surface area contributed by atoms with E-state index in [4.69, 9.17) is 5.11 Å². The molecule has 0 saturated carbocycles. The number of hydrogen-bond donors (Lipinski definition) is 2. The fourth-order valence-corrected chi connectivity index (χ4v) is 1.39. The fraction of sp³-hybridized carbons (Fsp3) is 0.308. The van der Waals surface area contributed by atoms with Crippen molar-refractivity contribution in [3.05, 3.63) is 35.5 Å². The second-order valence-electron chi connectivity index (χ2n) is 3.77. The molecule has 0 atom stereocenters. The van der Waals surface area contributed by atoms with Gasteiger partial charge in [0.1, 0.15) is 0 Å². The number of nitrogens with one attached hydrogen (secondary N) is 1. The van der Waals surface area contributed by atoms with Crippen LogP contribution in [0.15, 0.2) is 24.4 Å². The molecule has 1 aromatic carbocycles. The van der Waals surface area contributed by atoms with E-state index in [9.17, 15) is 4.79 Å². The molecule has 16 heavy (non-hydrogen) atoms. The first-order valence-electron chi connectivity index (χ1n) is 5.30. The summed E-state index contributed by atoms with van der Waals surface area (Å²) in [6.07, 6.45) is 2.27. The van der Waals surface area contributed by atoms with Crippen LogP contribution in [0, 0.1) is 13.8 Å². The maximum atomic E-state index is 9.37. The molecule has 0 bridgehead atoms. The Labute approximate surface area is 95.1 Å². The second-order valence-corrected chi connectivity index (χ2v) is 3.77. The van der Waals surface area contributed by atoms with Crippen LogP contribution in [0.2, 0.25) is 0 Å². The lowest BCUT2D eigenvalue weighted by atomic mass is 10.1. The van der Waals surface area contributed by atoms with Crippen molar-refractivity contribution in [3.8, 4) is 0 Å². The number of aromatic amines is 1. The summed E-state index contributed by atoms with van der Waals surface area (Å²) in [5.41, 5.74) is 3.86. The summed E-state index contributed by atoms with van der Waals surface area (Å²) < 4.78 is 0. The Morgan fingerprint density at radius 3 is 2.56 bits per heavy atom. The van der Waals surface area contributed by atoms with E-state index in [1.54, 1.807) is 6.92 Å². The average molecular weight is 219 g/mol. The number of benzene rings is 1. The highest BCUT2D eigenvalue weighted by atomic mass is 16.4. The number of rotatable bonds is 1. The Morgan fingerprint density at radius 2 is 2.00 bits per heavy atom. The number of aromatic nitrogens is 1. The van der Waals surface area contributed by atoms with Crippen molar-refractivity contribution >= 4 is 16.9 Å². The molecule has 0 radical (unpaired) electrons. The van der Waals surface area contributed by atoms with Gasteiger partial charge in [-0.25, -0.2) is 0 Å². The van der Waals surface area contributed by atoms with Crippen molar-refractivity contribution in [2.75, 3.05) is 0 Å². The van der Waals surface area contributed by atoms with Gasteiger partial charge in [0.25, 0.3) is 0 Å². The summed E-state index contributed by atoms with van der Waals surface area (Å²) in [4.78, 5) is 12.6. The first kappa shape index (κ1) is 12.3. The lowest BCUT2D eigenvalue weighted by Gasteiger charge is -1.92.